The number of nitrogens with one attached hydrogen (secondary N) is 1. The quantitative estimate of drug-likeness (QED) is 0.271. The Hall–Kier alpha value is -3.52. The smallest absolute Gasteiger partial charge is 0.329 e. The molecule has 288 valence electrons. The van der Waals surface area contributed by atoms with Crippen molar-refractivity contribution in [3.63, 3.8) is 0 Å². The number of carboxylic acids is 1. The SMILES string of the molecule is CC1CC2CC(C1)C(NC(=O)c1cnc(N3CC4(CCOCC4)c4cc(OC5CCN(CC6CC(F)(F)C6)CC5)ccc43)nc1C(C)(F)F)(C(=O)O)C2. The molecule has 8 rings (SSSR count). The fourth-order valence-corrected chi connectivity index (χ4v) is 10.4. The molecule has 1 spiro atoms. The summed E-state index contributed by atoms with van der Waals surface area (Å²) in [7, 11) is 0. The van der Waals surface area contributed by atoms with Crippen molar-refractivity contribution >= 4 is 23.5 Å². The van der Waals surface area contributed by atoms with E-state index in [0.717, 1.165) is 49.8 Å². The van der Waals surface area contributed by atoms with Gasteiger partial charge in [0.25, 0.3) is 11.8 Å². The van der Waals surface area contributed by atoms with Gasteiger partial charge in [-0.3, -0.25) is 4.79 Å². The van der Waals surface area contributed by atoms with Gasteiger partial charge in [-0.1, -0.05) is 6.92 Å². The van der Waals surface area contributed by atoms with Crippen LogP contribution in [0.2, 0.25) is 0 Å². The van der Waals surface area contributed by atoms with E-state index in [1.54, 1.807) is 0 Å². The first-order chi connectivity index (χ1) is 25.1. The average molecular weight is 744 g/mol. The normalized spacial score (nSPS) is 29.8. The topological polar surface area (TPSA) is 117 Å². The maximum atomic E-state index is 15.4. The number of alkyl halides is 4. The number of halogens is 4. The van der Waals surface area contributed by atoms with Gasteiger partial charge in [0.15, 0.2) is 0 Å². The molecular formula is C39H49F4N5O5. The molecule has 14 heteroatoms. The number of aromatic nitrogens is 2. The molecule has 10 nitrogen and oxygen atoms in total. The third-order valence-corrected chi connectivity index (χ3v) is 13.0. The zero-order valence-electron chi connectivity index (χ0n) is 30.4. The summed E-state index contributed by atoms with van der Waals surface area (Å²) in [5.74, 6) is -7.08. The van der Waals surface area contributed by atoms with E-state index >= 15 is 8.78 Å². The number of aliphatic carboxylic acids is 1. The van der Waals surface area contributed by atoms with Crippen molar-refractivity contribution in [1.29, 1.82) is 0 Å². The zero-order chi connectivity index (χ0) is 37.3. The number of likely N-dealkylation sites (tertiary alicyclic amines) is 1. The summed E-state index contributed by atoms with van der Waals surface area (Å²) < 4.78 is 69.6. The van der Waals surface area contributed by atoms with Gasteiger partial charge in [-0.25, -0.2) is 23.5 Å². The summed E-state index contributed by atoms with van der Waals surface area (Å²) in [6.07, 6.45) is 6.51. The third kappa shape index (κ3) is 6.87. The Kier molecular flexibility index (Phi) is 9.18. The Morgan fingerprint density at radius 3 is 2.51 bits per heavy atom. The molecule has 3 aliphatic carbocycles. The molecule has 4 unspecified atom stereocenters. The van der Waals surface area contributed by atoms with E-state index in [9.17, 15) is 23.5 Å². The van der Waals surface area contributed by atoms with Gasteiger partial charge in [0.1, 0.15) is 23.1 Å². The minimum absolute atomic E-state index is 0.0147. The number of carbonyl (C=O) groups is 2. The third-order valence-electron chi connectivity index (χ3n) is 13.0. The number of carbonyl (C=O) groups excluding carboxylic acids is 1. The van der Waals surface area contributed by atoms with E-state index in [0.29, 0.717) is 70.6 Å². The lowest BCUT2D eigenvalue weighted by atomic mass is 9.76. The number of amides is 1. The van der Waals surface area contributed by atoms with Crippen LogP contribution in [-0.4, -0.2) is 88.8 Å². The Morgan fingerprint density at radius 1 is 1.09 bits per heavy atom. The van der Waals surface area contributed by atoms with Crippen LogP contribution in [0.25, 0.3) is 0 Å². The molecule has 2 aromatic rings. The van der Waals surface area contributed by atoms with Crippen LogP contribution in [0.5, 0.6) is 5.75 Å². The van der Waals surface area contributed by atoms with E-state index in [2.05, 4.69) is 27.1 Å². The van der Waals surface area contributed by atoms with Gasteiger partial charge < -0.3 is 29.7 Å². The highest BCUT2D eigenvalue weighted by molar-refractivity contribution is 5.99. The zero-order valence-corrected chi connectivity index (χ0v) is 30.4. The molecule has 1 aromatic heterocycles. The Labute approximate surface area is 307 Å². The predicted molar refractivity (Wildman–Crippen MR) is 187 cm³/mol. The number of carboxylic acid groups (broad SMARTS) is 1. The average Bonchev–Trinajstić information content (AvgIpc) is 3.54. The molecule has 2 bridgehead atoms. The van der Waals surface area contributed by atoms with Crippen LogP contribution in [-0.2, 0) is 20.9 Å². The summed E-state index contributed by atoms with van der Waals surface area (Å²) in [6, 6.07) is 5.81. The van der Waals surface area contributed by atoms with Crippen LogP contribution < -0.4 is 15.0 Å². The van der Waals surface area contributed by atoms with Crippen molar-refractivity contribution < 1.29 is 41.7 Å². The van der Waals surface area contributed by atoms with E-state index in [4.69, 9.17) is 9.47 Å². The number of benzene rings is 1. The standard InChI is InChI=1S/C39H49F4N5O5/c1-23-13-24-15-26(14-23)39(19-24,34(50)51)46-33(49)29-20-44-35(45-32(29)36(2,40)41)48-22-37(7-11-52-12-8-37)30-16-28(3-4-31(30)48)53-27-5-9-47(10-6-27)21-25-17-38(42,43)18-25/h3-4,16,20,23-27H,5-15,17-19,21-22H2,1-2H3,(H,46,49)(H,50,51). The monoisotopic (exact) mass is 743 g/mol. The Morgan fingerprint density at radius 2 is 1.83 bits per heavy atom. The van der Waals surface area contributed by atoms with Crippen LogP contribution in [0.4, 0.5) is 29.2 Å². The predicted octanol–water partition coefficient (Wildman–Crippen LogP) is 6.69. The van der Waals surface area contributed by atoms with E-state index in [1.807, 2.05) is 23.1 Å². The van der Waals surface area contributed by atoms with Gasteiger partial charge in [-0.15, -0.1) is 0 Å². The van der Waals surface area contributed by atoms with Crippen LogP contribution in [0.3, 0.4) is 0 Å². The van der Waals surface area contributed by atoms with Crippen molar-refractivity contribution in [2.24, 2.45) is 23.7 Å². The summed E-state index contributed by atoms with van der Waals surface area (Å²) >= 11 is 0. The molecule has 1 amide bonds. The van der Waals surface area contributed by atoms with E-state index in [1.165, 1.54) is 0 Å². The summed E-state index contributed by atoms with van der Waals surface area (Å²) in [5, 5.41) is 13.1. The second-order valence-corrected chi connectivity index (χ2v) is 17.0. The fraction of sp³-hybridized carbons (Fsp3) is 0.692. The number of anilines is 2. The first-order valence-electron chi connectivity index (χ1n) is 19.2. The maximum absolute atomic E-state index is 15.4. The van der Waals surface area contributed by atoms with Crippen LogP contribution in [0.15, 0.2) is 24.4 Å². The lowest BCUT2D eigenvalue weighted by Crippen LogP contribution is -2.57. The Bertz CT molecular complexity index is 1730. The lowest BCUT2D eigenvalue weighted by molar-refractivity contribution is -0.146. The van der Waals surface area contributed by atoms with Crippen LogP contribution in [0.1, 0.15) is 99.7 Å². The van der Waals surface area contributed by atoms with Crippen molar-refractivity contribution in [3.8, 4) is 5.75 Å². The number of nitrogens with zero attached hydrogens (tertiary/aromatic N) is 4. The molecule has 4 atom stereocenters. The van der Waals surface area contributed by atoms with Gasteiger partial charge >= 0.3 is 5.97 Å². The van der Waals surface area contributed by atoms with Crippen LogP contribution >= 0.6 is 0 Å². The fourth-order valence-electron chi connectivity index (χ4n) is 10.4. The number of rotatable bonds is 9. The van der Waals surface area contributed by atoms with Gasteiger partial charge in [0.05, 0.1) is 5.56 Å². The second-order valence-electron chi connectivity index (χ2n) is 17.0. The summed E-state index contributed by atoms with van der Waals surface area (Å²) in [6.45, 7) is 6.54. The van der Waals surface area contributed by atoms with E-state index in [-0.39, 0.29) is 54.5 Å². The number of piperidine rings is 1. The molecule has 2 N–H and O–H groups in total. The highest BCUT2D eigenvalue weighted by Crippen LogP contribution is 2.52. The van der Waals surface area contributed by atoms with E-state index < -0.39 is 40.5 Å². The van der Waals surface area contributed by atoms with Crippen molar-refractivity contribution in [2.45, 2.75) is 107 Å². The maximum Gasteiger partial charge on any atom is 0.329 e. The van der Waals surface area contributed by atoms with Gasteiger partial charge in [0.2, 0.25) is 11.9 Å². The minimum atomic E-state index is -3.52. The second kappa shape index (κ2) is 13.3. The number of ether oxygens (including phenoxy) is 2. The highest BCUT2D eigenvalue weighted by atomic mass is 19.3. The first kappa shape index (κ1) is 36.5. The molecule has 1 aromatic carbocycles. The number of hydrogen-bond acceptors (Lipinski definition) is 8. The molecule has 5 fully saturated rings. The minimum Gasteiger partial charge on any atom is -0.490 e. The molecule has 53 heavy (non-hydrogen) atoms. The molecule has 3 aliphatic heterocycles. The molecule has 2 saturated heterocycles. The van der Waals surface area contributed by atoms with Crippen molar-refractivity contribution in [2.75, 3.05) is 44.3 Å². The number of fused-ring (bicyclic) bond motifs is 4. The summed E-state index contributed by atoms with van der Waals surface area (Å²) in [5.41, 5.74) is -1.30. The largest absolute Gasteiger partial charge is 0.490 e. The molecule has 4 heterocycles. The molecular weight excluding hydrogens is 694 g/mol. The van der Waals surface area contributed by atoms with Crippen LogP contribution in [0, 0.1) is 23.7 Å². The van der Waals surface area contributed by atoms with Gasteiger partial charge in [0, 0.05) is 76.5 Å². The van der Waals surface area contributed by atoms with Crippen molar-refractivity contribution in [1.82, 2.24) is 20.2 Å². The van der Waals surface area contributed by atoms with Crippen molar-refractivity contribution in [3.05, 3.63) is 41.2 Å². The summed E-state index contributed by atoms with van der Waals surface area (Å²) in [4.78, 5) is 39.4. The highest BCUT2D eigenvalue weighted by Gasteiger charge is 2.57. The van der Waals surface area contributed by atoms with Gasteiger partial charge in [-0.2, -0.15) is 8.78 Å². The molecule has 3 saturated carbocycles. The first-order valence-corrected chi connectivity index (χ1v) is 19.2. The molecule has 0 radical (unpaired) electrons. The molecule has 6 aliphatic rings. The number of hydrogen-bond donors (Lipinski definition) is 2. The lowest BCUT2D eigenvalue weighted by Gasteiger charge is -2.40. The Balaban J connectivity index is 1.03. The van der Waals surface area contributed by atoms with Gasteiger partial charge in [-0.05, 0) is 98.8 Å².